The van der Waals surface area contributed by atoms with E-state index < -0.39 is 0 Å². The summed E-state index contributed by atoms with van der Waals surface area (Å²) in [6, 6.07) is 14.2. The topological polar surface area (TPSA) is 55.2 Å². The lowest BCUT2D eigenvalue weighted by molar-refractivity contribution is 0.0836. The molecule has 0 radical (unpaired) electrons. The van der Waals surface area contributed by atoms with Crippen molar-refractivity contribution in [3.8, 4) is 5.69 Å². The molecule has 2 saturated heterocycles. The average Bonchev–Trinajstić information content (AvgIpc) is 3.51. The molecule has 3 aromatic rings. The molecule has 0 spiro atoms. The number of nitrogens with one attached hydrogen (secondary N) is 1. The Labute approximate surface area is 175 Å². The number of pyridine rings is 2. The lowest BCUT2D eigenvalue weighted by atomic mass is 10.0. The Morgan fingerprint density at radius 2 is 2.10 bits per heavy atom. The van der Waals surface area contributed by atoms with Crippen molar-refractivity contribution in [2.24, 2.45) is 0 Å². The molecule has 1 N–H and O–H groups in total. The number of rotatable bonds is 5. The van der Waals surface area contributed by atoms with Crippen LogP contribution in [0.1, 0.15) is 36.3 Å². The molecular weight excluding hydrogens is 382 g/mol. The Kier molecular flexibility index (Phi) is 4.99. The van der Waals surface area contributed by atoms with Crippen LogP contribution >= 0.6 is 12.2 Å². The molecule has 0 amide bonds. The monoisotopic (exact) mass is 405 g/mol. The van der Waals surface area contributed by atoms with E-state index in [0.717, 1.165) is 48.2 Å². The van der Waals surface area contributed by atoms with E-state index >= 15 is 0 Å². The highest BCUT2D eigenvalue weighted by Crippen LogP contribution is 2.40. The van der Waals surface area contributed by atoms with Crippen molar-refractivity contribution in [2.45, 2.75) is 31.0 Å². The zero-order valence-corrected chi connectivity index (χ0v) is 16.8. The second-order valence-electron chi connectivity index (χ2n) is 7.43. The highest BCUT2D eigenvalue weighted by atomic mass is 32.1. The number of hydrogen-bond donors (Lipinski definition) is 1. The zero-order valence-electron chi connectivity index (χ0n) is 16.0. The Morgan fingerprint density at radius 3 is 2.86 bits per heavy atom. The maximum absolute atomic E-state index is 5.92. The molecule has 0 aromatic carbocycles. The van der Waals surface area contributed by atoms with Crippen molar-refractivity contribution in [3.63, 3.8) is 0 Å². The number of thiocarbonyl (C=S) groups is 1. The van der Waals surface area contributed by atoms with Gasteiger partial charge in [0.2, 0.25) is 0 Å². The van der Waals surface area contributed by atoms with Gasteiger partial charge >= 0.3 is 0 Å². The van der Waals surface area contributed by atoms with E-state index in [9.17, 15) is 0 Å². The van der Waals surface area contributed by atoms with Gasteiger partial charge in [-0.2, -0.15) is 0 Å². The molecule has 3 atom stereocenters. The van der Waals surface area contributed by atoms with Gasteiger partial charge in [0.05, 0.1) is 35.8 Å². The number of nitrogens with zero attached hydrogens (tertiary/aromatic N) is 4. The molecular formula is C22H23N5OS. The predicted octanol–water partition coefficient (Wildman–Crippen LogP) is 3.42. The van der Waals surface area contributed by atoms with Gasteiger partial charge in [0.15, 0.2) is 5.11 Å². The summed E-state index contributed by atoms with van der Waals surface area (Å²) in [7, 11) is 0. The predicted molar refractivity (Wildman–Crippen MR) is 115 cm³/mol. The van der Waals surface area contributed by atoms with E-state index in [1.54, 1.807) is 6.20 Å². The van der Waals surface area contributed by atoms with E-state index in [2.05, 4.69) is 55.2 Å². The molecule has 2 aliphatic rings. The first-order chi connectivity index (χ1) is 14.3. The maximum atomic E-state index is 5.92. The summed E-state index contributed by atoms with van der Waals surface area (Å²) < 4.78 is 8.11. The van der Waals surface area contributed by atoms with Crippen LogP contribution < -0.4 is 5.32 Å². The van der Waals surface area contributed by atoms with Crippen molar-refractivity contribution in [2.75, 3.05) is 13.2 Å². The lowest BCUT2D eigenvalue weighted by Gasteiger charge is -2.30. The van der Waals surface area contributed by atoms with Crippen molar-refractivity contribution in [1.29, 1.82) is 0 Å². The molecule has 29 heavy (non-hydrogen) atoms. The lowest BCUT2D eigenvalue weighted by Crippen LogP contribution is -2.36. The molecule has 6 nitrogen and oxygen atoms in total. The summed E-state index contributed by atoms with van der Waals surface area (Å²) in [5, 5.41) is 4.27. The van der Waals surface area contributed by atoms with Gasteiger partial charge in [0, 0.05) is 37.4 Å². The summed E-state index contributed by atoms with van der Waals surface area (Å²) in [6.07, 6.45) is 9.97. The van der Waals surface area contributed by atoms with Gasteiger partial charge in [-0.15, -0.1) is 0 Å². The second-order valence-corrected chi connectivity index (χ2v) is 7.81. The van der Waals surface area contributed by atoms with Crippen LogP contribution in [0, 0.1) is 0 Å². The first-order valence-electron chi connectivity index (χ1n) is 9.98. The molecule has 0 unspecified atom stereocenters. The van der Waals surface area contributed by atoms with Gasteiger partial charge in [-0.3, -0.25) is 9.97 Å². The molecule has 0 saturated carbocycles. The van der Waals surface area contributed by atoms with E-state index in [-0.39, 0.29) is 18.2 Å². The van der Waals surface area contributed by atoms with Crippen LogP contribution in [0.3, 0.4) is 0 Å². The first-order valence-corrected chi connectivity index (χ1v) is 10.4. The normalized spacial score (nSPS) is 24.1. The minimum atomic E-state index is -0.0320. The van der Waals surface area contributed by atoms with Crippen molar-refractivity contribution in [3.05, 3.63) is 78.6 Å². The van der Waals surface area contributed by atoms with Gasteiger partial charge in [-0.05, 0) is 61.5 Å². The van der Waals surface area contributed by atoms with Gasteiger partial charge in [-0.1, -0.05) is 6.07 Å². The summed E-state index contributed by atoms with van der Waals surface area (Å²) in [4.78, 5) is 11.2. The zero-order chi connectivity index (χ0) is 19.6. The summed E-state index contributed by atoms with van der Waals surface area (Å²) in [6.45, 7) is 1.61. The van der Waals surface area contributed by atoms with Gasteiger partial charge in [0.25, 0.3) is 0 Å². The van der Waals surface area contributed by atoms with E-state index in [1.807, 2.05) is 30.6 Å². The summed E-state index contributed by atoms with van der Waals surface area (Å²) >= 11 is 5.77. The Hall–Kier alpha value is -2.77. The van der Waals surface area contributed by atoms with Crippen molar-refractivity contribution < 1.29 is 4.74 Å². The molecule has 7 heteroatoms. The third-order valence-electron chi connectivity index (χ3n) is 5.63. The van der Waals surface area contributed by atoms with Crippen molar-refractivity contribution >= 4 is 17.3 Å². The molecule has 0 aliphatic carbocycles. The minimum Gasteiger partial charge on any atom is -0.376 e. The third-order valence-corrected chi connectivity index (χ3v) is 5.98. The molecule has 5 rings (SSSR count). The average molecular weight is 406 g/mol. The molecule has 3 aromatic heterocycles. The van der Waals surface area contributed by atoms with E-state index in [4.69, 9.17) is 17.0 Å². The van der Waals surface area contributed by atoms with Crippen LogP contribution in [-0.2, 0) is 4.74 Å². The Balaban J connectivity index is 1.57. The smallest absolute Gasteiger partial charge is 0.170 e. The van der Waals surface area contributed by atoms with Gasteiger partial charge in [0.1, 0.15) is 0 Å². The number of ether oxygens (including phenoxy) is 1. The van der Waals surface area contributed by atoms with Crippen LogP contribution in [0.4, 0.5) is 0 Å². The SMILES string of the molecule is S=C1N[C@H](c2ccccn2)[C@@H](c2cccn2-c2cccnc2)N1C[C@H]1CCCO1. The Bertz CT molecular complexity index is 971. The third kappa shape index (κ3) is 3.52. The fourth-order valence-corrected chi connectivity index (χ4v) is 4.61. The van der Waals surface area contributed by atoms with Crippen LogP contribution in [0.25, 0.3) is 5.69 Å². The largest absolute Gasteiger partial charge is 0.376 e. The molecule has 5 heterocycles. The van der Waals surface area contributed by atoms with Crippen molar-refractivity contribution in [1.82, 2.24) is 24.8 Å². The van der Waals surface area contributed by atoms with E-state index in [0.29, 0.717) is 0 Å². The van der Waals surface area contributed by atoms with Crippen LogP contribution in [0.5, 0.6) is 0 Å². The molecule has 2 fully saturated rings. The highest BCUT2D eigenvalue weighted by Gasteiger charge is 2.42. The summed E-state index contributed by atoms with van der Waals surface area (Å²) in [5.74, 6) is 0. The molecule has 148 valence electrons. The Morgan fingerprint density at radius 1 is 1.14 bits per heavy atom. The standard InChI is InChI=1S/C22H23N5OS/c29-22-25-20(18-8-1-2-11-24-18)21(27(22)15-17-7-5-13-28-17)19-9-4-12-26(19)16-6-3-10-23-14-16/h1-4,6,8-12,14,17,20-21H,5,7,13,15H2,(H,25,29)/t17-,20-,21-/m1/s1. The molecule has 2 aliphatic heterocycles. The highest BCUT2D eigenvalue weighted by molar-refractivity contribution is 7.80. The van der Waals surface area contributed by atoms with Crippen LogP contribution in [0.2, 0.25) is 0 Å². The number of hydrogen-bond acceptors (Lipinski definition) is 4. The van der Waals surface area contributed by atoms with Crippen LogP contribution in [0.15, 0.2) is 67.3 Å². The number of aromatic nitrogens is 3. The quantitative estimate of drug-likeness (QED) is 0.657. The van der Waals surface area contributed by atoms with Gasteiger partial charge in [-0.25, -0.2) is 0 Å². The fraction of sp³-hybridized carbons (Fsp3) is 0.318. The fourth-order valence-electron chi connectivity index (χ4n) is 4.30. The van der Waals surface area contributed by atoms with E-state index in [1.165, 1.54) is 0 Å². The minimum absolute atomic E-state index is 0.0109. The molecule has 0 bridgehead atoms. The summed E-state index contributed by atoms with van der Waals surface area (Å²) in [5.41, 5.74) is 3.16. The first kappa shape index (κ1) is 18.3. The van der Waals surface area contributed by atoms with Crippen LogP contribution in [-0.4, -0.2) is 43.8 Å². The maximum Gasteiger partial charge on any atom is 0.170 e. The van der Waals surface area contributed by atoms with Gasteiger partial charge < -0.3 is 19.5 Å². The second kappa shape index (κ2) is 7.93.